The Morgan fingerprint density at radius 2 is 2.08 bits per heavy atom. The first kappa shape index (κ1) is 16.2. The van der Waals surface area contributed by atoms with Crippen molar-refractivity contribution in [3.8, 4) is 11.3 Å². The number of halogens is 1. The summed E-state index contributed by atoms with van der Waals surface area (Å²) >= 11 is 0. The molecule has 0 unspecified atom stereocenters. The summed E-state index contributed by atoms with van der Waals surface area (Å²) in [5.74, 6) is -0.698. The van der Waals surface area contributed by atoms with Crippen LogP contribution in [0, 0.1) is 5.82 Å². The molecule has 2 aromatic carbocycles. The Morgan fingerprint density at radius 1 is 1.23 bits per heavy atom. The van der Waals surface area contributed by atoms with Gasteiger partial charge in [-0.1, -0.05) is 24.3 Å². The van der Waals surface area contributed by atoms with Gasteiger partial charge in [0.25, 0.3) is 0 Å². The van der Waals surface area contributed by atoms with Crippen LogP contribution in [0.3, 0.4) is 0 Å². The zero-order valence-corrected chi connectivity index (χ0v) is 14.1. The first-order valence-electron chi connectivity index (χ1n) is 8.19. The third-order valence-electron chi connectivity index (χ3n) is 4.34. The van der Waals surface area contributed by atoms with Crippen molar-refractivity contribution in [1.29, 1.82) is 0 Å². The van der Waals surface area contributed by atoms with Crippen molar-refractivity contribution in [2.24, 2.45) is 4.99 Å². The van der Waals surface area contributed by atoms with Gasteiger partial charge in [0.2, 0.25) is 0 Å². The van der Waals surface area contributed by atoms with Crippen LogP contribution in [0.5, 0.6) is 0 Å². The highest BCUT2D eigenvalue weighted by atomic mass is 19.1. The van der Waals surface area contributed by atoms with Crippen LogP contribution in [-0.2, 0) is 17.8 Å². The normalized spacial score (nSPS) is 12.2. The predicted molar refractivity (Wildman–Crippen MR) is 95.8 cm³/mol. The molecule has 0 amide bonds. The lowest BCUT2D eigenvalue weighted by molar-refractivity contribution is 0.0600. The second-order valence-corrected chi connectivity index (χ2v) is 6.01. The summed E-state index contributed by atoms with van der Waals surface area (Å²) < 4.78 is 20.9. The molecule has 0 N–H and O–H groups in total. The first-order valence-corrected chi connectivity index (χ1v) is 8.19. The summed E-state index contributed by atoms with van der Waals surface area (Å²) in [7, 11) is 1.35. The van der Waals surface area contributed by atoms with Crippen molar-refractivity contribution in [3.05, 3.63) is 76.7 Å². The number of hydrogen-bond donors (Lipinski definition) is 0. The summed E-state index contributed by atoms with van der Waals surface area (Å²) in [5.41, 5.74) is 4.20. The molecule has 6 heteroatoms. The second kappa shape index (κ2) is 6.55. The summed E-state index contributed by atoms with van der Waals surface area (Å²) in [6.45, 7) is 0.904. The van der Waals surface area contributed by atoms with E-state index in [1.807, 2.05) is 6.07 Å². The molecule has 5 nitrogen and oxygen atoms in total. The molecule has 0 bridgehead atoms. The molecule has 0 spiro atoms. The van der Waals surface area contributed by atoms with Crippen molar-refractivity contribution in [1.82, 2.24) is 9.78 Å². The summed E-state index contributed by atoms with van der Waals surface area (Å²) in [6, 6.07) is 13.8. The number of carbonyl (C=O) groups is 1. The summed E-state index contributed by atoms with van der Waals surface area (Å²) in [5, 5.41) is 4.61. The van der Waals surface area contributed by atoms with E-state index in [9.17, 15) is 9.18 Å². The minimum atomic E-state index is -0.392. The van der Waals surface area contributed by atoms with Gasteiger partial charge in [-0.05, 0) is 29.8 Å². The van der Waals surface area contributed by atoms with Gasteiger partial charge in [0.1, 0.15) is 5.82 Å². The number of ether oxygens (including phenoxy) is 1. The van der Waals surface area contributed by atoms with Gasteiger partial charge in [-0.3, -0.25) is 9.67 Å². The number of aliphatic imine (C=N–C) groups is 1. The number of hydrogen-bond acceptors (Lipinski definition) is 4. The van der Waals surface area contributed by atoms with E-state index < -0.39 is 5.97 Å². The number of rotatable bonds is 4. The zero-order valence-electron chi connectivity index (χ0n) is 14.1. The molecule has 0 aliphatic carbocycles. The molecular weight excluding hydrogens is 333 g/mol. The van der Waals surface area contributed by atoms with E-state index in [1.54, 1.807) is 47.3 Å². The predicted octanol–water partition coefficient (Wildman–Crippen LogP) is 3.46. The number of aromatic nitrogens is 2. The average Bonchev–Trinajstić information content (AvgIpc) is 3.23. The molecule has 0 fully saturated rings. The Bertz CT molecular complexity index is 1020. The maximum absolute atomic E-state index is 14.4. The molecule has 3 aromatic rings. The summed E-state index contributed by atoms with van der Waals surface area (Å²) in [6.07, 6.45) is 1.74. The minimum Gasteiger partial charge on any atom is -0.465 e. The van der Waals surface area contributed by atoms with E-state index in [4.69, 9.17) is 4.74 Å². The Morgan fingerprint density at radius 3 is 2.88 bits per heavy atom. The maximum atomic E-state index is 14.4. The van der Waals surface area contributed by atoms with Gasteiger partial charge in [-0.15, -0.1) is 0 Å². The number of nitrogens with zero attached hydrogens (tertiary/aromatic N) is 3. The van der Waals surface area contributed by atoms with Gasteiger partial charge in [-0.2, -0.15) is 5.10 Å². The lowest BCUT2D eigenvalue weighted by atomic mass is 10.1. The quantitative estimate of drug-likeness (QED) is 0.678. The van der Waals surface area contributed by atoms with Gasteiger partial charge in [0, 0.05) is 17.3 Å². The van der Waals surface area contributed by atoms with Crippen molar-refractivity contribution in [3.63, 3.8) is 0 Å². The number of esters is 1. The number of methoxy groups -OCH3 is 1. The smallest absolute Gasteiger partial charge is 0.337 e. The number of benzene rings is 2. The van der Waals surface area contributed by atoms with Crippen molar-refractivity contribution >= 4 is 12.2 Å². The van der Waals surface area contributed by atoms with Crippen LogP contribution in [0.15, 0.2) is 53.5 Å². The molecule has 26 heavy (non-hydrogen) atoms. The monoisotopic (exact) mass is 349 g/mol. The van der Waals surface area contributed by atoms with Crippen LogP contribution in [0.25, 0.3) is 11.3 Å². The van der Waals surface area contributed by atoms with E-state index in [-0.39, 0.29) is 5.82 Å². The van der Waals surface area contributed by atoms with Gasteiger partial charge in [0.05, 0.1) is 37.2 Å². The van der Waals surface area contributed by atoms with E-state index in [0.717, 1.165) is 16.8 Å². The molecule has 2 heterocycles. The van der Waals surface area contributed by atoms with Crippen LogP contribution >= 0.6 is 0 Å². The van der Waals surface area contributed by atoms with Gasteiger partial charge >= 0.3 is 5.97 Å². The third kappa shape index (κ3) is 2.79. The Kier molecular flexibility index (Phi) is 4.08. The second-order valence-electron chi connectivity index (χ2n) is 6.01. The van der Waals surface area contributed by atoms with E-state index in [2.05, 4.69) is 10.1 Å². The fourth-order valence-electron chi connectivity index (χ4n) is 3.14. The summed E-state index contributed by atoms with van der Waals surface area (Å²) in [4.78, 5) is 16.0. The van der Waals surface area contributed by atoms with E-state index in [1.165, 1.54) is 13.2 Å². The number of carbonyl (C=O) groups excluding carboxylic acids is 1. The third-order valence-corrected chi connectivity index (χ3v) is 4.34. The van der Waals surface area contributed by atoms with Crippen LogP contribution in [-0.4, -0.2) is 29.1 Å². The van der Waals surface area contributed by atoms with Crippen molar-refractivity contribution in [2.45, 2.75) is 13.1 Å². The van der Waals surface area contributed by atoms with Crippen LogP contribution in [0.2, 0.25) is 0 Å². The fourth-order valence-corrected chi connectivity index (χ4v) is 3.14. The lowest BCUT2D eigenvalue weighted by Crippen LogP contribution is -2.08. The largest absolute Gasteiger partial charge is 0.465 e. The van der Waals surface area contributed by atoms with Crippen molar-refractivity contribution in [2.75, 3.05) is 7.11 Å². The minimum absolute atomic E-state index is 0.305. The zero-order chi connectivity index (χ0) is 18.1. The fraction of sp³-hybridized carbons (Fsp3) is 0.150. The highest BCUT2D eigenvalue weighted by Crippen LogP contribution is 2.30. The molecule has 0 saturated carbocycles. The molecule has 0 saturated heterocycles. The Hall–Kier alpha value is -3.28. The van der Waals surface area contributed by atoms with Gasteiger partial charge in [0.15, 0.2) is 0 Å². The molecule has 1 aliphatic rings. The standard InChI is InChI=1S/C20H16FN3O2/c1-26-20(25)14-6-4-5-13(9-14)12-24-19(15-7-2-3-8-17(15)21)16-10-22-11-18(16)23-24/h2-10H,11-12H2,1H3. The van der Waals surface area contributed by atoms with Crippen molar-refractivity contribution < 1.29 is 13.9 Å². The molecule has 4 rings (SSSR count). The maximum Gasteiger partial charge on any atom is 0.337 e. The highest BCUT2D eigenvalue weighted by molar-refractivity contribution is 5.92. The van der Waals surface area contributed by atoms with Gasteiger partial charge in [-0.25, -0.2) is 9.18 Å². The van der Waals surface area contributed by atoms with Crippen LogP contribution in [0.1, 0.15) is 27.2 Å². The molecule has 1 aromatic heterocycles. The topological polar surface area (TPSA) is 56.5 Å². The average molecular weight is 349 g/mol. The number of fused-ring (bicyclic) bond motifs is 1. The van der Waals surface area contributed by atoms with Gasteiger partial charge < -0.3 is 4.74 Å². The molecule has 0 atom stereocenters. The Balaban J connectivity index is 1.78. The SMILES string of the molecule is COC(=O)c1cccc(Cn2nc3c(c2-c2ccccc2F)C=NC3)c1. The van der Waals surface area contributed by atoms with Crippen LogP contribution in [0.4, 0.5) is 4.39 Å². The Labute approximate surface area is 149 Å². The van der Waals surface area contributed by atoms with Crippen LogP contribution < -0.4 is 0 Å². The van der Waals surface area contributed by atoms with E-state index >= 15 is 0 Å². The molecular formula is C20H16FN3O2. The lowest BCUT2D eigenvalue weighted by Gasteiger charge is -2.10. The highest BCUT2D eigenvalue weighted by Gasteiger charge is 2.23. The molecule has 1 aliphatic heterocycles. The molecule has 0 radical (unpaired) electrons. The van der Waals surface area contributed by atoms with E-state index in [0.29, 0.717) is 29.9 Å². The molecule has 130 valence electrons. The first-order chi connectivity index (χ1) is 12.7.